The van der Waals surface area contributed by atoms with E-state index in [1.54, 1.807) is 22.7 Å². The molecule has 0 saturated heterocycles. The summed E-state index contributed by atoms with van der Waals surface area (Å²) in [5.41, 5.74) is 1.05. The van der Waals surface area contributed by atoms with Crippen molar-refractivity contribution in [3.8, 4) is 10.7 Å². The van der Waals surface area contributed by atoms with Crippen LogP contribution in [0, 0.1) is 0 Å². The smallest absolute Gasteiger partial charge is 0.246 e. The molecular weight excluding hydrogens is 320 g/mol. The van der Waals surface area contributed by atoms with Crippen LogP contribution in [0.15, 0.2) is 22.9 Å². The molecule has 0 saturated carbocycles. The minimum absolute atomic E-state index is 0.0915. The van der Waals surface area contributed by atoms with Gasteiger partial charge in [-0.05, 0) is 18.4 Å². The van der Waals surface area contributed by atoms with E-state index in [2.05, 4.69) is 15.4 Å². The molecule has 3 heterocycles. The molecule has 3 rings (SSSR count). The Bertz CT molecular complexity index is 748. The van der Waals surface area contributed by atoms with Crippen molar-refractivity contribution in [3.63, 3.8) is 0 Å². The number of nitrogens with zero attached hydrogens (tertiary/aromatic N) is 3. The summed E-state index contributed by atoms with van der Waals surface area (Å²) >= 11 is 3.19. The summed E-state index contributed by atoms with van der Waals surface area (Å²) in [6.45, 7) is 3.08. The van der Waals surface area contributed by atoms with Crippen LogP contribution in [0.2, 0.25) is 0 Å². The van der Waals surface area contributed by atoms with Gasteiger partial charge in [0.1, 0.15) is 6.61 Å². The highest BCUT2D eigenvalue weighted by molar-refractivity contribution is 7.15. The molecule has 0 aliphatic carbocycles. The number of thiophene rings is 1. The molecule has 3 aromatic rings. The zero-order valence-electron chi connectivity index (χ0n) is 12.1. The van der Waals surface area contributed by atoms with Crippen molar-refractivity contribution in [3.05, 3.63) is 28.6 Å². The highest BCUT2D eigenvalue weighted by Gasteiger charge is 2.12. The van der Waals surface area contributed by atoms with Gasteiger partial charge in [-0.1, -0.05) is 6.07 Å². The molecule has 0 fully saturated rings. The fourth-order valence-electron chi connectivity index (χ4n) is 1.98. The largest absolute Gasteiger partial charge is 0.372 e. The SMILES string of the molecule is CCOCC(=O)NCCc1csc2nc(-c3cccs3)nn12. The highest BCUT2D eigenvalue weighted by Crippen LogP contribution is 2.24. The van der Waals surface area contributed by atoms with Gasteiger partial charge in [-0.25, -0.2) is 4.52 Å². The summed E-state index contributed by atoms with van der Waals surface area (Å²) in [5.74, 6) is 0.662. The average molecular weight is 336 g/mol. The van der Waals surface area contributed by atoms with Crippen LogP contribution in [0.25, 0.3) is 15.7 Å². The number of amides is 1. The number of rotatable bonds is 7. The van der Waals surface area contributed by atoms with Crippen LogP contribution in [-0.4, -0.2) is 40.3 Å². The maximum absolute atomic E-state index is 11.5. The third kappa shape index (κ3) is 3.34. The summed E-state index contributed by atoms with van der Waals surface area (Å²) in [5, 5.41) is 11.4. The molecule has 22 heavy (non-hydrogen) atoms. The predicted molar refractivity (Wildman–Crippen MR) is 87.4 cm³/mol. The molecule has 0 radical (unpaired) electrons. The zero-order valence-corrected chi connectivity index (χ0v) is 13.7. The van der Waals surface area contributed by atoms with E-state index in [1.807, 2.05) is 34.3 Å². The molecule has 0 aromatic carbocycles. The van der Waals surface area contributed by atoms with Crippen LogP contribution >= 0.6 is 22.7 Å². The van der Waals surface area contributed by atoms with Crippen molar-refractivity contribution in [1.82, 2.24) is 19.9 Å². The Hall–Kier alpha value is -1.77. The Morgan fingerprint density at radius 3 is 3.14 bits per heavy atom. The van der Waals surface area contributed by atoms with E-state index < -0.39 is 0 Å². The molecule has 8 heteroatoms. The second-order valence-corrected chi connectivity index (χ2v) is 6.36. The minimum atomic E-state index is -0.0915. The van der Waals surface area contributed by atoms with E-state index in [4.69, 9.17) is 4.74 Å². The van der Waals surface area contributed by atoms with E-state index in [-0.39, 0.29) is 12.5 Å². The Morgan fingerprint density at radius 1 is 1.45 bits per heavy atom. The predicted octanol–water partition coefficient (Wildman–Crippen LogP) is 2.21. The van der Waals surface area contributed by atoms with E-state index in [1.165, 1.54) is 0 Å². The van der Waals surface area contributed by atoms with Crippen molar-refractivity contribution in [2.45, 2.75) is 13.3 Å². The fourth-order valence-corrected chi connectivity index (χ4v) is 3.49. The number of hydrogen-bond donors (Lipinski definition) is 1. The number of thiazole rings is 1. The second-order valence-electron chi connectivity index (χ2n) is 4.57. The van der Waals surface area contributed by atoms with Gasteiger partial charge in [0.15, 0.2) is 5.82 Å². The Kier molecular flexibility index (Phi) is 4.81. The highest BCUT2D eigenvalue weighted by atomic mass is 32.1. The van der Waals surface area contributed by atoms with Gasteiger partial charge in [0.2, 0.25) is 10.9 Å². The number of hydrogen-bond acceptors (Lipinski definition) is 6. The van der Waals surface area contributed by atoms with Crippen molar-refractivity contribution in [2.24, 2.45) is 0 Å². The first kappa shape index (κ1) is 15.1. The van der Waals surface area contributed by atoms with Crippen LogP contribution in [0.3, 0.4) is 0 Å². The zero-order chi connectivity index (χ0) is 15.4. The lowest BCUT2D eigenvalue weighted by molar-refractivity contribution is -0.125. The molecule has 0 bridgehead atoms. The lowest BCUT2D eigenvalue weighted by Crippen LogP contribution is -2.29. The molecule has 1 amide bonds. The van der Waals surface area contributed by atoms with Gasteiger partial charge in [0.05, 0.1) is 10.6 Å². The van der Waals surface area contributed by atoms with E-state index in [0.29, 0.717) is 19.6 Å². The van der Waals surface area contributed by atoms with Gasteiger partial charge in [0.25, 0.3) is 0 Å². The summed E-state index contributed by atoms with van der Waals surface area (Å²) in [4.78, 5) is 18.0. The quantitative estimate of drug-likeness (QED) is 0.718. The average Bonchev–Trinajstić information content (AvgIpc) is 3.21. The Balaban J connectivity index is 1.63. The van der Waals surface area contributed by atoms with Crippen LogP contribution in [0.1, 0.15) is 12.6 Å². The molecular formula is C14H16N4O2S2. The summed E-state index contributed by atoms with van der Waals surface area (Å²) in [6.07, 6.45) is 0.713. The molecule has 116 valence electrons. The van der Waals surface area contributed by atoms with Crippen LogP contribution in [0.4, 0.5) is 0 Å². The number of carbonyl (C=O) groups is 1. The lowest BCUT2D eigenvalue weighted by atomic mass is 10.3. The third-order valence-corrected chi connectivity index (χ3v) is 4.76. The Morgan fingerprint density at radius 2 is 2.36 bits per heavy atom. The minimum Gasteiger partial charge on any atom is -0.372 e. The van der Waals surface area contributed by atoms with Crippen molar-refractivity contribution in [2.75, 3.05) is 19.8 Å². The molecule has 0 aliphatic rings. The standard InChI is InChI=1S/C14H16N4O2S2/c1-2-20-8-12(19)15-6-5-10-9-22-14-16-13(17-18(10)14)11-4-3-7-21-11/h3-4,7,9H,2,5-6,8H2,1H3,(H,15,19). The first-order valence-corrected chi connectivity index (χ1v) is 8.75. The summed E-state index contributed by atoms with van der Waals surface area (Å²) < 4.78 is 6.92. The maximum Gasteiger partial charge on any atom is 0.246 e. The van der Waals surface area contributed by atoms with Crippen LogP contribution < -0.4 is 5.32 Å². The molecule has 0 atom stereocenters. The first-order valence-electron chi connectivity index (χ1n) is 6.99. The summed E-state index contributed by atoms with van der Waals surface area (Å²) in [7, 11) is 0. The number of aromatic nitrogens is 3. The number of fused-ring (bicyclic) bond motifs is 1. The monoisotopic (exact) mass is 336 g/mol. The molecule has 1 N–H and O–H groups in total. The van der Waals surface area contributed by atoms with E-state index in [9.17, 15) is 4.79 Å². The fraction of sp³-hybridized carbons (Fsp3) is 0.357. The van der Waals surface area contributed by atoms with Crippen molar-refractivity contribution in [1.29, 1.82) is 0 Å². The van der Waals surface area contributed by atoms with Gasteiger partial charge < -0.3 is 10.1 Å². The molecule has 6 nitrogen and oxygen atoms in total. The Labute approximate surface area is 135 Å². The van der Waals surface area contributed by atoms with Gasteiger partial charge >= 0.3 is 0 Å². The van der Waals surface area contributed by atoms with Gasteiger partial charge in [0, 0.05) is 25.0 Å². The molecule has 3 aromatic heterocycles. The van der Waals surface area contributed by atoms with Gasteiger partial charge in [-0.3, -0.25) is 4.79 Å². The van der Waals surface area contributed by atoms with Crippen molar-refractivity contribution < 1.29 is 9.53 Å². The van der Waals surface area contributed by atoms with E-state index in [0.717, 1.165) is 21.4 Å². The first-order chi connectivity index (χ1) is 10.8. The van der Waals surface area contributed by atoms with E-state index >= 15 is 0 Å². The molecule has 0 aliphatic heterocycles. The number of nitrogens with one attached hydrogen (secondary N) is 1. The van der Waals surface area contributed by atoms with Crippen LogP contribution in [-0.2, 0) is 16.0 Å². The summed E-state index contributed by atoms with van der Waals surface area (Å²) in [6, 6.07) is 4.00. The third-order valence-electron chi connectivity index (χ3n) is 3.03. The topological polar surface area (TPSA) is 68.5 Å². The molecule has 0 spiro atoms. The number of carbonyl (C=O) groups excluding carboxylic acids is 1. The van der Waals surface area contributed by atoms with Gasteiger partial charge in [-0.15, -0.1) is 27.8 Å². The number of ether oxygens (including phenoxy) is 1. The maximum atomic E-state index is 11.5. The normalized spacial score (nSPS) is 11.1. The lowest BCUT2D eigenvalue weighted by Gasteiger charge is -2.04. The van der Waals surface area contributed by atoms with Crippen molar-refractivity contribution >= 4 is 33.5 Å². The van der Waals surface area contributed by atoms with Gasteiger partial charge in [-0.2, -0.15) is 4.98 Å². The molecule has 0 unspecified atom stereocenters. The second kappa shape index (κ2) is 6.99. The van der Waals surface area contributed by atoms with Crippen LogP contribution in [0.5, 0.6) is 0 Å².